The summed E-state index contributed by atoms with van der Waals surface area (Å²) in [5, 5.41) is 0. The first-order chi connectivity index (χ1) is 12.0. The average molecular weight is 354 g/mol. The number of benzene rings is 2. The van der Waals surface area contributed by atoms with E-state index in [0.717, 1.165) is 15.8 Å². The number of aromatic nitrogens is 1. The second kappa shape index (κ2) is 7.33. The lowest BCUT2D eigenvalue weighted by Crippen LogP contribution is -2.19. The maximum Gasteiger partial charge on any atom is 0.279 e. The number of aryl methyl sites for hydroxylation is 3. The number of carbonyl (C=O) groups excluding carboxylic acids is 1. The average Bonchev–Trinajstić information content (AvgIpc) is 2.90. The summed E-state index contributed by atoms with van der Waals surface area (Å²) in [6.07, 6.45) is 0. The molecule has 0 aliphatic rings. The number of hydrogen-bond donors (Lipinski definition) is 0. The van der Waals surface area contributed by atoms with Gasteiger partial charge in [0.2, 0.25) is 0 Å². The number of nitrogens with zero attached hydrogens (tertiary/aromatic N) is 2. The summed E-state index contributed by atoms with van der Waals surface area (Å²) in [4.78, 5) is 17.7. The molecule has 5 heteroatoms. The molecule has 4 nitrogen and oxygen atoms in total. The summed E-state index contributed by atoms with van der Waals surface area (Å²) in [7, 11) is 1.68. The largest absolute Gasteiger partial charge is 0.383 e. The molecule has 1 aromatic heterocycles. The van der Waals surface area contributed by atoms with Crippen molar-refractivity contribution in [2.45, 2.75) is 27.3 Å². The molecule has 0 radical (unpaired) electrons. The third kappa shape index (κ3) is 3.72. The van der Waals surface area contributed by atoms with Gasteiger partial charge in [0.15, 0.2) is 4.80 Å². The van der Waals surface area contributed by atoms with Crippen molar-refractivity contribution < 1.29 is 9.53 Å². The van der Waals surface area contributed by atoms with Crippen LogP contribution in [0.1, 0.15) is 27.0 Å². The minimum atomic E-state index is -0.212. The molecule has 130 valence electrons. The third-order valence-corrected chi connectivity index (χ3v) is 5.12. The molecule has 0 aliphatic carbocycles. The second-order valence-corrected chi connectivity index (χ2v) is 7.25. The highest BCUT2D eigenvalue weighted by molar-refractivity contribution is 7.16. The lowest BCUT2D eigenvalue weighted by Gasteiger charge is -2.07. The van der Waals surface area contributed by atoms with E-state index in [0.29, 0.717) is 23.5 Å². The summed E-state index contributed by atoms with van der Waals surface area (Å²) in [6, 6.07) is 11.8. The van der Waals surface area contributed by atoms with Crippen molar-refractivity contribution in [1.29, 1.82) is 0 Å². The first-order valence-electron chi connectivity index (χ1n) is 8.25. The van der Waals surface area contributed by atoms with Gasteiger partial charge in [-0.3, -0.25) is 4.79 Å². The molecule has 1 heterocycles. The van der Waals surface area contributed by atoms with Crippen LogP contribution >= 0.6 is 11.3 Å². The number of ether oxygens (including phenoxy) is 1. The topological polar surface area (TPSA) is 43.6 Å². The first-order valence-corrected chi connectivity index (χ1v) is 9.06. The molecule has 3 aromatic rings. The number of rotatable bonds is 4. The smallest absolute Gasteiger partial charge is 0.279 e. The predicted octanol–water partition coefficient (Wildman–Crippen LogP) is 4.02. The van der Waals surface area contributed by atoms with Gasteiger partial charge >= 0.3 is 0 Å². The molecule has 0 N–H and O–H groups in total. The molecule has 0 atom stereocenters. The van der Waals surface area contributed by atoms with Crippen LogP contribution in [-0.2, 0) is 11.3 Å². The molecule has 0 aliphatic heterocycles. The van der Waals surface area contributed by atoms with Crippen LogP contribution in [0, 0.1) is 20.8 Å². The van der Waals surface area contributed by atoms with Crippen molar-refractivity contribution in [3.8, 4) is 0 Å². The summed E-state index contributed by atoms with van der Waals surface area (Å²) in [5.74, 6) is -0.212. The van der Waals surface area contributed by atoms with Crippen LogP contribution in [0.3, 0.4) is 0 Å². The van der Waals surface area contributed by atoms with E-state index in [4.69, 9.17) is 4.74 Å². The highest BCUT2D eigenvalue weighted by Gasteiger charge is 2.11. The van der Waals surface area contributed by atoms with Crippen LogP contribution in [0.5, 0.6) is 0 Å². The predicted molar refractivity (Wildman–Crippen MR) is 102 cm³/mol. The summed E-state index contributed by atoms with van der Waals surface area (Å²) in [6.45, 7) is 7.39. The highest BCUT2D eigenvalue weighted by atomic mass is 32.1. The van der Waals surface area contributed by atoms with Crippen molar-refractivity contribution in [2.75, 3.05) is 13.7 Å². The molecule has 0 saturated carbocycles. The Bertz CT molecular complexity index is 999. The molecule has 3 rings (SSSR count). The molecule has 0 unspecified atom stereocenters. The van der Waals surface area contributed by atoms with E-state index in [-0.39, 0.29) is 5.91 Å². The SMILES string of the molecule is COCCn1c(=NC(=O)c2cccc(C)c2)sc2cc(C)cc(C)c21. The van der Waals surface area contributed by atoms with Crippen molar-refractivity contribution in [3.05, 3.63) is 63.5 Å². The summed E-state index contributed by atoms with van der Waals surface area (Å²) >= 11 is 1.55. The van der Waals surface area contributed by atoms with Crippen molar-refractivity contribution >= 4 is 27.5 Å². The summed E-state index contributed by atoms with van der Waals surface area (Å²) in [5.41, 5.74) is 5.19. The Labute approximate surface area is 151 Å². The van der Waals surface area contributed by atoms with Gasteiger partial charge in [-0.2, -0.15) is 4.99 Å². The van der Waals surface area contributed by atoms with E-state index in [9.17, 15) is 4.79 Å². The normalized spacial score (nSPS) is 12.1. The van der Waals surface area contributed by atoms with Gasteiger partial charge in [-0.05, 0) is 50.1 Å². The first kappa shape index (κ1) is 17.6. The number of fused-ring (bicyclic) bond motifs is 1. The fraction of sp³-hybridized carbons (Fsp3) is 0.300. The Morgan fingerprint density at radius 2 is 1.96 bits per heavy atom. The molecular weight excluding hydrogens is 332 g/mol. The van der Waals surface area contributed by atoms with E-state index in [2.05, 4.69) is 35.5 Å². The second-order valence-electron chi connectivity index (χ2n) is 6.24. The lowest BCUT2D eigenvalue weighted by molar-refractivity contribution is 0.0997. The Kier molecular flexibility index (Phi) is 5.16. The van der Waals surface area contributed by atoms with E-state index in [1.165, 1.54) is 11.1 Å². The number of methoxy groups -OCH3 is 1. The van der Waals surface area contributed by atoms with E-state index in [1.807, 2.05) is 25.1 Å². The molecule has 0 saturated heterocycles. The molecule has 25 heavy (non-hydrogen) atoms. The monoisotopic (exact) mass is 354 g/mol. The number of hydrogen-bond acceptors (Lipinski definition) is 3. The molecule has 0 spiro atoms. The van der Waals surface area contributed by atoms with Crippen LogP contribution in [0.2, 0.25) is 0 Å². The fourth-order valence-corrected chi connectivity index (χ4v) is 4.23. The molecule has 2 aromatic carbocycles. The van der Waals surface area contributed by atoms with Gasteiger partial charge in [-0.1, -0.05) is 35.1 Å². The van der Waals surface area contributed by atoms with Crippen LogP contribution in [0.25, 0.3) is 10.2 Å². The molecule has 0 bridgehead atoms. The van der Waals surface area contributed by atoms with Crippen molar-refractivity contribution in [3.63, 3.8) is 0 Å². The van der Waals surface area contributed by atoms with Gasteiger partial charge < -0.3 is 9.30 Å². The van der Waals surface area contributed by atoms with Crippen LogP contribution in [0.4, 0.5) is 0 Å². The van der Waals surface area contributed by atoms with Gasteiger partial charge in [-0.25, -0.2) is 0 Å². The van der Waals surface area contributed by atoms with Crippen molar-refractivity contribution in [2.24, 2.45) is 4.99 Å². The Balaban J connectivity index is 2.17. The Hall–Kier alpha value is -2.24. The van der Waals surface area contributed by atoms with Gasteiger partial charge in [-0.15, -0.1) is 0 Å². The Morgan fingerprint density at radius 1 is 1.16 bits per heavy atom. The van der Waals surface area contributed by atoms with Gasteiger partial charge in [0, 0.05) is 19.2 Å². The van der Waals surface area contributed by atoms with E-state index < -0.39 is 0 Å². The number of thiazole rings is 1. The van der Waals surface area contributed by atoms with Crippen molar-refractivity contribution in [1.82, 2.24) is 4.57 Å². The minimum absolute atomic E-state index is 0.212. The fourth-order valence-electron chi connectivity index (χ4n) is 3.00. The van der Waals surface area contributed by atoms with Crippen LogP contribution in [0.15, 0.2) is 41.4 Å². The lowest BCUT2D eigenvalue weighted by atomic mass is 10.1. The number of carbonyl (C=O) groups is 1. The Morgan fingerprint density at radius 3 is 2.68 bits per heavy atom. The minimum Gasteiger partial charge on any atom is -0.383 e. The van der Waals surface area contributed by atoms with E-state index >= 15 is 0 Å². The van der Waals surface area contributed by atoms with Gasteiger partial charge in [0.05, 0.1) is 16.8 Å². The molecule has 1 amide bonds. The zero-order valence-corrected chi connectivity index (χ0v) is 15.8. The maximum atomic E-state index is 12.6. The van der Waals surface area contributed by atoms with Crippen LogP contribution < -0.4 is 4.80 Å². The standard InChI is InChI=1S/C20H22N2O2S/c1-13-6-5-7-16(11-13)19(23)21-20-22(8-9-24-4)18-15(3)10-14(2)12-17(18)25-20/h5-7,10-12H,8-9H2,1-4H3. The molecular formula is C20H22N2O2S. The highest BCUT2D eigenvalue weighted by Crippen LogP contribution is 2.23. The quantitative estimate of drug-likeness (QED) is 0.710. The van der Waals surface area contributed by atoms with E-state index in [1.54, 1.807) is 24.5 Å². The third-order valence-electron chi connectivity index (χ3n) is 4.09. The molecule has 0 fully saturated rings. The van der Waals surface area contributed by atoms with Crippen LogP contribution in [-0.4, -0.2) is 24.2 Å². The number of amides is 1. The maximum absolute atomic E-state index is 12.6. The zero-order chi connectivity index (χ0) is 18.0. The summed E-state index contributed by atoms with van der Waals surface area (Å²) < 4.78 is 8.48. The zero-order valence-electron chi connectivity index (χ0n) is 15.0. The van der Waals surface area contributed by atoms with Gasteiger partial charge in [0.25, 0.3) is 5.91 Å². The van der Waals surface area contributed by atoms with Gasteiger partial charge in [0.1, 0.15) is 0 Å².